The number of carbonyl (C=O) groups is 2. The van der Waals surface area contributed by atoms with E-state index >= 15 is 0 Å². The number of thiocarbonyl (C=S) groups is 1. The Morgan fingerprint density at radius 3 is 2.65 bits per heavy atom. The van der Waals surface area contributed by atoms with Crippen LogP contribution in [0.15, 0.2) is 65.6 Å². The zero-order valence-electron chi connectivity index (χ0n) is 16.7. The molecule has 2 heterocycles. The summed E-state index contributed by atoms with van der Waals surface area (Å²) in [6.07, 6.45) is 6.94. The largest absolute Gasteiger partial charge is 0.423 e. The van der Waals surface area contributed by atoms with Crippen LogP contribution in [-0.4, -0.2) is 40.4 Å². The Morgan fingerprint density at radius 2 is 1.94 bits per heavy atom. The first-order valence-corrected chi connectivity index (χ1v) is 11.2. The van der Waals surface area contributed by atoms with Gasteiger partial charge in [0.05, 0.1) is 17.6 Å². The quantitative estimate of drug-likeness (QED) is 0.275. The Kier molecular flexibility index (Phi) is 6.96. The van der Waals surface area contributed by atoms with Gasteiger partial charge in [-0.1, -0.05) is 66.4 Å². The maximum Gasteiger partial charge on any atom is 0.336 e. The summed E-state index contributed by atoms with van der Waals surface area (Å²) in [5, 5.41) is 0. The van der Waals surface area contributed by atoms with Crippen molar-refractivity contribution in [2.24, 2.45) is 0 Å². The molecule has 0 N–H and O–H groups in total. The summed E-state index contributed by atoms with van der Waals surface area (Å²) in [6.45, 7) is 1.25. The average molecular weight is 452 g/mol. The number of esters is 1. The highest BCUT2D eigenvalue weighted by Gasteiger charge is 2.34. The zero-order valence-corrected chi connectivity index (χ0v) is 18.4. The van der Waals surface area contributed by atoms with Crippen molar-refractivity contribution in [2.75, 3.05) is 13.2 Å². The van der Waals surface area contributed by atoms with Gasteiger partial charge in [0.15, 0.2) is 0 Å². The summed E-state index contributed by atoms with van der Waals surface area (Å²) in [5.41, 5.74) is 1.75. The van der Waals surface area contributed by atoms with Crippen molar-refractivity contribution in [1.82, 2.24) is 4.90 Å². The molecule has 0 bridgehead atoms. The minimum absolute atomic E-state index is 0.0618. The normalized spacial score (nSPS) is 20.2. The fourth-order valence-corrected chi connectivity index (χ4v) is 4.59. The van der Waals surface area contributed by atoms with Gasteiger partial charge in [-0.15, -0.1) is 0 Å². The fourth-order valence-electron chi connectivity index (χ4n) is 3.31. The molecule has 2 aliphatic rings. The standard InChI is InChI=1S/C24H21NO4S2/c26-22(13-10-17-5-2-1-3-6-17)29-19-11-8-18(9-12-19)15-21-23(27)25(24(30)31-21)16-20-7-4-14-28-20/h1-3,5-6,8-13,15,20H,4,7,14,16H2. The summed E-state index contributed by atoms with van der Waals surface area (Å²) in [6, 6.07) is 16.5. The third-order valence-corrected chi connectivity index (χ3v) is 6.27. The molecule has 0 saturated carbocycles. The SMILES string of the molecule is O=C(C=Cc1ccccc1)Oc1ccc(C=C2SC(=S)N(CC3CCCO3)C2=O)cc1. The molecular weight excluding hydrogens is 430 g/mol. The van der Waals surface area contributed by atoms with Crippen molar-refractivity contribution in [3.63, 3.8) is 0 Å². The summed E-state index contributed by atoms with van der Waals surface area (Å²) >= 11 is 6.68. The van der Waals surface area contributed by atoms with E-state index in [0.717, 1.165) is 30.6 Å². The van der Waals surface area contributed by atoms with E-state index in [1.807, 2.05) is 30.3 Å². The number of benzene rings is 2. The molecule has 2 aromatic carbocycles. The van der Waals surface area contributed by atoms with Gasteiger partial charge in [-0.25, -0.2) is 4.79 Å². The molecule has 2 aromatic rings. The van der Waals surface area contributed by atoms with E-state index in [-0.39, 0.29) is 12.0 Å². The number of carbonyl (C=O) groups excluding carboxylic acids is 2. The topological polar surface area (TPSA) is 55.8 Å². The number of nitrogens with zero attached hydrogens (tertiary/aromatic N) is 1. The molecule has 0 radical (unpaired) electrons. The molecule has 0 aliphatic carbocycles. The molecule has 5 nitrogen and oxygen atoms in total. The molecule has 1 amide bonds. The zero-order chi connectivity index (χ0) is 21.6. The van der Waals surface area contributed by atoms with E-state index in [2.05, 4.69) is 0 Å². The monoisotopic (exact) mass is 451 g/mol. The first kappa shape index (κ1) is 21.5. The minimum Gasteiger partial charge on any atom is -0.423 e. The molecule has 2 aliphatic heterocycles. The van der Waals surface area contributed by atoms with Crippen molar-refractivity contribution in [3.8, 4) is 5.75 Å². The van der Waals surface area contributed by atoms with Crippen molar-refractivity contribution in [3.05, 3.63) is 76.7 Å². The molecule has 2 saturated heterocycles. The van der Waals surface area contributed by atoms with Crippen molar-refractivity contribution in [2.45, 2.75) is 18.9 Å². The van der Waals surface area contributed by atoms with Crippen LogP contribution in [0.5, 0.6) is 5.75 Å². The minimum atomic E-state index is -0.452. The van der Waals surface area contributed by atoms with Gasteiger partial charge in [-0.2, -0.15) is 0 Å². The van der Waals surface area contributed by atoms with Crippen LogP contribution in [0.4, 0.5) is 0 Å². The highest BCUT2D eigenvalue weighted by molar-refractivity contribution is 8.26. The highest BCUT2D eigenvalue weighted by atomic mass is 32.2. The van der Waals surface area contributed by atoms with Crippen LogP contribution in [0.3, 0.4) is 0 Å². The van der Waals surface area contributed by atoms with Gasteiger partial charge < -0.3 is 9.47 Å². The fraction of sp³-hybridized carbons (Fsp3) is 0.208. The molecule has 31 heavy (non-hydrogen) atoms. The summed E-state index contributed by atoms with van der Waals surface area (Å²) in [4.78, 5) is 26.9. The maximum absolute atomic E-state index is 12.7. The Bertz CT molecular complexity index is 1030. The summed E-state index contributed by atoms with van der Waals surface area (Å²) in [5.74, 6) is -0.107. The molecule has 1 unspecified atom stereocenters. The second-order valence-electron chi connectivity index (χ2n) is 7.16. The van der Waals surface area contributed by atoms with Gasteiger partial charge >= 0.3 is 5.97 Å². The number of rotatable bonds is 6. The number of amides is 1. The molecule has 0 spiro atoms. The Morgan fingerprint density at radius 1 is 1.16 bits per heavy atom. The van der Waals surface area contributed by atoms with E-state index < -0.39 is 5.97 Å². The lowest BCUT2D eigenvalue weighted by atomic mass is 10.2. The maximum atomic E-state index is 12.7. The van der Waals surface area contributed by atoms with Gasteiger partial charge in [0.25, 0.3) is 5.91 Å². The predicted octanol–water partition coefficient (Wildman–Crippen LogP) is 4.69. The van der Waals surface area contributed by atoms with Crippen LogP contribution < -0.4 is 4.74 Å². The molecule has 0 aromatic heterocycles. The third kappa shape index (κ3) is 5.70. The predicted molar refractivity (Wildman–Crippen MR) is 126 cm³/mol. The lowest BCUT2D eigenvalue weighted by molar-refractivity contribution is -0.129. The van der Waals surface area contributed by atoms with Gasteiger partial charge in [0.1, 0.15) is 10.1 Å². The van der Waals surface area contributed by atoms with E-state index in [9.17, 15) is 9.59 Å². The van der Waals surface area contributed by atoms with E-state index in [1.165, 1.54) is 17.8 Å². The van der Waals surface area contributed by atoms with Crippen LogP contribution in [0.1, 0.15) is 24.0 Å². The van der Waals surface area contributed by atoms with E-state index in [1.54, 1.807) is 41.3 Å². The summed E-state index contributed by atoms with van der Waals surface area (Å²) < 4.78 is 11.5. The molecular formula is C24H21NO4S2. The third-order valence-electron chi connectivity index (χ3n) is 4.89. The van der Waals surface area contributed by atoms with Crippen LogP contribution in [0.25, 0.3) is 12.2 Å². The first-order chi connectivity index (χ1) is 15.1. The Labute approximate surface area is 190 Å². The summed E-state index contributed by atoms with van der Waals surface area (Å²) in [7, 11) is 0. The molecule has 158 valence electrons. The van der Waals surface area contributed by atoms with Crippen LogP contribution in [0.2, 0.25) is 0 Å². The first-order valence-electron chi connectivity index (χ1n) is 10.0. The van der Waals surface area contributed by atoms with Gasteiger partial charge in [0, 0.05) is 12.7 Å². The number of ether oxygens (including phenoxy) is 2. The van der Waals surface area contributed by atoms with Gasteiger partial charge in [0.2, 0.25) is 0 Å². The lowest BCUT2D eigenvalue weighted by Gasteiger charge is -2.18. The van der Waals surface area contributed by atoms with Gasteiger partial charge in [-0.3, -0.25) is 9.69 Å². The molecule has 4 rings (SSSR count). The number of thioether (sulfide) groups is 1. The number of hydrogen-bond acceptors (Lipinski definition) is 6. The molecule has 1 atom stereocenters. The van der Waals surface area contributed by atoms with E-state index in [0.29, 0.717) is 21.5 Å². The second kappa shape index (κ2) is 10.0. The van der Waals surface area contributed by atoms with E-state index in [4.69, 9.17) is 21.7 Å². The smallest absolute Gasteiger partial charge is 0.336 e. The van der Waals surface area contributed by atoms with Gasteiger partial charge in [-0.05, 0) is 48.3 Å². The van der Waals surface area contributed by atoms with Crippen LogP contribution >= 0.6 is 24.0 Å². The van der Waals surface area contributed by atoms with Crippen molar-refractivity contribution < 1.29 is 19.1 Å². The van der Waals surface area contributed by atoms with Crippen LogP contribution in [-0.2, 0) is 14.3 Å². The lowest BCUT2D eigenvalue weighted by Crippen LogP contribution is -2.35. The average Bonchev–Trinajstić information content (AvgIpc) is 3.39. The second-order valence-corrected chi connectivity index (χ2v) is 8.84. The Hall–Kier alpha value is -2.74. The molecule has 2 fully saturated rings. The van der Waals surface area contributed by atoms with Crippen molar-refractivity contribution in [1.29, 1.82) is 0 Å². The Balaban J connectivity index is 1.36. The van der Waals surface area contributed by atoms with Crippen LogP contribution in [0, 0.1) is 0 Å². The van der Waals surface area contributed by atoms with Crippen molar-refractivity contribution >= 4 is 52.3 Å². The molecule has 7 heteroatoms. The highest BCUT2D eigenvalue weighted by Crippen LogP contribution is 2.33. The number of hydrogen-bond donors (Lipinski definition) is 0.